The van der Waals surface area contributed by atoms with Gasteiger partial charge in [0, 0.05) is 6.04 Å². The molecule has 0 aromatic heterocycles. The van der Waals surface area contributed by atoms with E-state index in [4.69, 9.17) is 0 Å². The minimum absolute atomic E-state index is 0.0560. The van der Waals surface area contributed by atoms with Crippen molar-refractivity contribution in [3.8, 4) is 0 Å². The summed E-state index contributed by atoms with van der Waals surface area (Å²) in [5, 5.41) is 3.47. The SMILES string of the molecule is CNC(c1cc(C)c(F)c(C)c1)C1CCCCCC1. The molecule has 0 radical (unpaired) electrons. The molecule has 0 spiro atoms. The quantitative estimate of drug-likeness (QED) is 0.781. The summed E-state index contributed by atoms with van der Waals surface area (Å²) in [6.07, 6.45) is 7.99. The van der Waals surface area contributed by atoms with Crippen LogP contribution in [0.4, 0.5) is 4.39 Å². The van der Waals surface area contributed by atoms with Crippen molar-refractivity contribution in [3.05, 3.63) is 34.6 Å². The molecule has 1 N–H and O–H groups in total. The van der Waals surface area contributed by atoms with Gasteiger partial charge >= 0.3 is 0 Å². The lowest BCUT2D eigenvalue weighted by atomic mass is 9.86. The molecule has 1 unspecified atom stereocenters. The predicted octanol–water partition coefficient (Wildman–Crippen LogP) is 4.67. The number of aryl methyl sites for hydroxylation is 2. The summed E-state index contributed by atoms with van der Waals surface area (Å²) >= 11 is 0. The van der Waals surface area contributed by atoms with Gasteiger partial charge in [-0.3, -0.25) is 0 Å². The summed E-state index contributed by atoms with van der Waals surface area (Å²) < 4.78 is 13.8. The van der Waals surface area contributed by atoms with Crippen LogP contribution in [-0.4, -0.2) is 7.05 Å². The molecule has 0 amide bonds. The highest BCUT2D eigenvalue weighted by Crippen LogP contribution is 2.34. The van der Waals surface area contributed by atoms with Crippen LogP contribution in [0, 0.1) is 25.6 Å². The van der Waals surface area contributed by atoms with Crippen LogP contribution in [0.3, 0.4) is 0 Å². The number of rotatable bonds is 3. The van der Waals surface area contributed by atoms with Gasteiger partial charge in [0.25, 0.3) is 0 Å². The number of hydrogen-bond donors (Lipinski definition) is 1. The van der Waals surface area contributed by atoms with Gasteiger partial charge < -0.3 is 5.32 Å². The Kier molecular flexibility index (Phi) is 4.98. The van der Waals surface area contributed by atoms with Crippen molar-refractivity contribution in [2.75, 3.05) is 7.05 Å². The first kappa shape index (κ1) is 14.5. The fraction of sp³-hybridized carbons (Fsp3) is 0.647. The number of halogens is 1. The average Bonchev–Trinajstić information content (AvgIpc) is 2.66. The molecule has 19 heavy (non-hydrogen) atoms. The Balaban J connectivity index is 2.25. The average molecular weight is 263 g/mol. The second-order valence-electron chi connectivity index (χ2n) is 5.99. The Morgan fingerprint density at radius 1 is 1.05 bits per heavy atom. The van der Waals surface area contributed by atoms with E-state index in [2.05, 4.69) is 5.32 Å². The van der Waals surface area contributed by atoms with Gasteiger partial charge in [-0.15, -0.1) is 0 Å². The van der Waals surface area contributed by atoms with Crippen molar-refractivity contribution >= 4 is 0 Å². The van der Waals surface area contributed by atoms with Gasteiger partial charge in [-0.05, 0) is 56.3 Å². The molecule has 1 aliphatic carbocycles. The fourth-order valence-corrected chi connectivity index (χ4v) is 3.48. The normalized spacial score (nSPS) is 19.2. The van der Waals surface area contributed by atoms with Gasteiger partial charge in [0.1, 0.15) is 5.82 Å². The molecule has 0 bridgehead atoms. The zero-order valence-electron chi connectivity index (χ0n) is 12.4. The maximum atomic E-state index is 13.8. The topological polar surface area (TPSA) is 12.0 Å². The standard InChI is InChI=1S/C17H26FN/c1-12-10-15(11-13(2)16(12)18)17(19-3)14-8-6-4-5-7-9-14/h10-11,14,17,19H,4-9H2,1-3H3. The smallest absolute Gasteiger partial charge is 0.129 e. The summed E-state index contributed by atoms with van der Waals surface area (Å²) in [5.41, 5.74) is 2.79. The van der Waals surface area contributed by atoms with E-state index in [9.17, 15) is 4.39 Å². The molecule has 1 fully saturated rings. The van der Waals surface area contributed by atoms with Crippen LogP contribution in [0.5, 0.6) is 0 Å². The first-order valence-electron chi connectivity index (χ1n) is 7.57. The van der Waals surface area contributed by atoms with Crippen LogP contribution in [-0.2, 0) is 0 Å². The first-order chi connectivity index (χ1) is 9.13. The molecule has 1 aromatic carbocycles. The first-order valence-corrected chi connectivity index (χ1v) is 7.57. The van der Waals surface area contributed by atoms with Crippen LogP contribution in [0.1, 0.15) is 61.3 Å². The molecular formula is C17H26FN. The lowest BCUT2D eigenvalue weighted by Gasteiger charge is -2.27. The van der Waals surface area contributed by atoms with Gasteiger partial charge in [-0.1, -0.05) is 37.8 Å². The number of hydrogen-bond acceptors (Lipinski definition) is 1. The predicted molar refractivity (Wildman–Crippen MR) is 78.9 cm³/mol. The molecule has 1 aromatic rings. The van der Waals surface area contributed by atoms with E-state index in [1.165, 1.54) is 44.1 Å². The molecule has 1 aliphatic rings. The Hall–Kier alpha value is -0.890. The minimum Gasteiger partial charge on any atom is -0.313 e. The summed E-state index contributed by atoms with van der Waals surface area (Å²) in [6, 6.07) is 4.42. The highest BCUT2D eigenvalue weighted by atomic mass is 19.1. The van der Waals surface area contributed by atoms with E-state index in [0.29, 0.717) is 12.0 Å². The van der Waals surface area contributed by atoms with Gasteiger partial charge in [0.15, 0.2) is 0 Å². The fourth-order valence-electron chi connectivity index (χ4n) is 3.48. The molecule has 0 aliphatic heterocycles. The zero-order valence-corrected chi connectivity index (χ0v) is 12.4. The van der Waals surface area contributed by atoms with Crippen molar-refractivity contribution in [2.45, 2.75) is 58.4 Å². The minimum atomic E-state index is -0.0560. The summed E-state index contributed by atoms with van der Waals surface area (Å²) in [5.74, 6) is 0.635. The van der Waals surface area contributed by atoms with Crippen molar-refractivity contribution in [1.82, 2.24) is 5.32 Å². The third-order valence-electron chi connectivity index (χ3n) is 4.50. The second-order valence-corrected chi connectivity index (χ2v) is 5.99. The van der Waals surface area contributed by atoms with Gasteiger partial charge in [-0.25, -0.2) is 4.39 Å². The maximum Gasteiger partial charge on any atom is 0.129 e. The Morgan fingerprint density at radius 3 is 2.05 bits per heavy atom. The molecule has 0 heterocycles. The Labute approximate surface area is 116 Å². The number of nitrogens with one attached hydrogen (secondary N) is 1. The highest BCUT2D eigenvalue weighted by Gasteiger charge is 2.23. The molecule has 106 valence electrons. The Bertz CT molecular complexity index is 396. The molecule has 1 nitrogen and oxygen atoms in total. The van der Waals surface area contributed by atoms with E-state index in [-0.39, 0.29) is 5.82 Å². The third-order valence-corrected chi connectivity index (χ3v) is 4.50. The molecule has 2 rings (SSSR count). The molecule has 1 atom stereocenters. The molecule has 1 saturated carbocycles. The van der Waals surface area contributed by atoms with Crippen LogP contribution < -0.4 is 5.32 Å². The van der Waals surface area contributed by atoms with Crippen LogP contribution >= 0.6 is 0 Å². The van der Waals surface area contributed by atoms with Crippen LogP contribution in [0.25, 0.3) is 0 Å². The monoisotopic (exact) mass is 263 g/mol. The van der Waals surface area contributed by atoms with Crippen molar-refractivity contribution < 1.29 is 4.39 Å². The van der Waals surface area contributed by atoms with Gasteiger partial charge in [0.2, 0.25) is 0 Å². The Morgan fingerprint density at radius 2 is 1.58 bits per heavy atom. The van der Waals surface area contributed by atoms with Crippen LogP contribution in [0.15, 0.2) is 12.1 Å². The summed E-state index contributed by atoms with van der Waals surface area (Å²) in [6.45, 7) is 3.73. The molecular weight excluding hydrogens is 237 g/mol. The zero-order chi connectivity index (χ0) is 13.8. The highest BCUT2D eigenvalue weighted by molar-refractivity contribution is 5.32. The van der Waals surface area contributed by atoms with Crippen molar-refractivity contribution in [3.63, 3.8) is 0 Å². The van der Waals surface area contributed by atoms with Crippen molar-refractivity contribution in [2.24, 2.45) is 5.92 Å². The van der Waals surface area contributed by atoms with Gasteiger partial charge in [0.05, 0.1) is 0 Å². The van der Waals surface area contributed by atoms with Crippen LogP contribution in [0.2, 0.25) is 0 Å². The van der Waals surface area contributed by atoms with Crippen molar-refractivity contribution in [1.29, 1.82) is 0 Å². The van der Waals surface area contributed by atoms with Gasteiger partial charge in [-0.2, -0.15) is 0 Å². The van der Waals surface area contributed by atoms with E-state index in [1.807, 2.05) is 33.0 Å². The lowest BCUT2D eigenvalue weighted by Crippen LogP contribution is -2.25. The largest absolute Gasteiger partial charge is 0.313 e. The summed E-state index contributed by atoms with van der Waals surface area (Å²) in [7, 11) is 2.03. The van der Waals surface area contributed by atoms with E-state index in [1.54, 1.807) is 0 Å². The molecule has 2 heteroatoms. The maximum absolute atomic E-state index is 13.8. The number of benzene rings is 1. The second kappa shape index (κ2) is 6.51. The third kappa shape index (κ3) is 3.36. The molecule has 0 saturated heterocycles. The van der Waals surface area contributed by atoms with E-state index in [0.717, 1.165) is 11.1 Å². The lowest BCUT2D eigenvalue weighted by molar-refractivity contribution is 0.341. The van der Waals surface area contributed by atoms with E-state index >= 15 is 0 Å². The van der Waals surface area contributed by atoms with E-state index < -0.39 is 0 Å². The summed E-state index contributed by atoms with van der Waals surface area (Å²) in [4.78, 5) is 0.